The normalized spacial score (nSPS) is 18.1. The Labute approximate surface area is 145 Å². The van der Waals surface area contributed by atoms with Crippen LogP contribution < -0.4 is 5.73 Å². The molecule has 2 N–H and O–H groups in total. The molecule has 0 aromatic heterocycles. The lowest BCUT2D eigenvalue weighted by Crippen LogP contribution is -2.09. The Morgan fingerprint density at radius 3 is 2.21 bits per heavy atom. The number of allylic oxidation sites excluding steroid dienone is 2. The summed E-state index contributed by atoms with van der Waals surface area (Å²) in [6, 6.07) is 13.5. The van der Waals surface area contributed by atoms with Gasteiger partial charge in [0.25, 0.3) is 0 Å². The Hall–Kier alpha value is -2.02. The van der Waals surface area contributed by atoms with Gasteiger partial charge in [-0.1, -0.05) is 55.2 Å². The van der Waals surface area contributed by atoms with E-state index in [1.165, 1.54) is 65.5 Å². The van der Waals surface area contributed by atoms with E-state index in [0.717, 1.165) is 12.1 Å². The molecule has 2 aliphatic rings. The SMILES string of the molecule is Cc1ccc(C2=C(C3CCCCC3)c3ccc(C)cc3C2)c(N)c1. The Balaban J connectivity index is 1.87. The van der Waals surface area contributed by atoms with Crippen LogP contribution in [0.5, 0.6) is 0 Å². The molecule has 4 rings (SSSR count). The number of nitrogen functional groups attached to an aromatic ring is 1. The van der Waals surface area contributed by atoms with Crippen molar-refractivity contribution >= 4 is 16.8 Å². The molecule has 1 saturated carbocycles. The number of aryl methyl sites for hydroxylation is 2. The number of rotatable bonds is 2. The molecular weight excluding hydrogens is 290 g/mol. The van der Waals surface area contributed by atoms with E-state index in [1.807, 2.05) is 0 Å². The average Bonchev–Trinajstić information content (AvgIpc) is 2.93. The van der Waals surface area contributed by atoms with Gasteiger partial charge in [-0.05, 0) is 72.9 Å². The van der Waals surface area contributed by atoms with E-state index in [-0.39, 0.29) is 0 Å². The van der Waals surface area contributed by atoms with Crippen LogP contribution in [-0.4, -0.2) is 0 Å². The first-order valence-corrected chi connectivity index (χ1v) is 9.33. The van der Waals surface area contributed by atoms with Gasteiger partial charge in [-0.25, -0.2) is 0 Å². The highest BCUT2D eigenvalue weighted by Gasteiger charge is 2.29. The van der Waals surface area contributed by atoms with Crippen molar-refractivity contribution in [3.05, 3.63) is 64.2 Å². The molecule has 0 radical (unpaired) electrons. The van der Waals surface area contributed by atoms with Crippen molar-refractivity contribution < 1.29 is 0 Å². The second-order valence-electron chi connectivity index (χ2n) is 7.66. The molecule has 0 bridgehead atoms. The van der Waals surface area contributed by atoms with Crippen LogP contribution in [0.15, 0.2) is 36.4 Å². The summed E-state index contributed by atoms with van der Waals surface area (Å²) < 4.78 is 0. The summed E-state index contributed by atoms with van der Waals surface area (Å²) in [7, 11) is 0. The molecule has 0 heterocycles. The van der Waals surface area contributed by atoms with Gasteiger partial charge in [-0.3, -0.25) is 0 Å². The quantitative estimate of drug-likeness (QED) is 0.682. The summed E-state index contributed by atoms with van der Waals surface area (Å²) >= 11 is 0. The van der Waals surface area contributed by atoms with Gasteiger partial charge in [0.2, 0.25) is 0 Å². The van der Waals surface area contributed by atoms with Crippen molar-refractivity contribution in [2.24, 2.45) is 5.92 Å². The largest absolute Gasteiger partial charge is 0.398 e. The predicted molar refractivity (Wildman–Crippen MR) is 104 cm³/mol. The molecule has 0 atom stereocenters. The van der Waals surface area contributed by atoms with Crippen LogP contribution in [0.3, 0.4) is 0 Å². The van der Waals surface area contributed by atoms with Crippen LogP contribution in [0, 0.1) is 19.8 Å². The second-order valence-corrected chi connectivity index (χ2v) is 7.66. The monoisotopic (exact) mass is 317 g/mol. The molecule has 0 spiro atoms. The van der Waals surface area contributed by atoms with Crippen LogP contribution in [-0.2, 0) is 6.42 Å². The van der Waals surface area contributed by atoms with Crippen LogP contribution in [0.25, 0.3) is 11.1 Å². The molecule has 0 saturated heterocycles. The van der Waals surface area contributed by atoms with Crippen LogP contribution in [0.4, 0.5) is 5.69 Å². The van der Waals surface area contributed by atoms with E-state index < -0.39 is 0 Å². The van der Waals surface area contributed by atoms with Gasteiger partial charge < -0.3 is 5.73 Å². The first kappa shape index (κ1) is 15.5. The Bertz CT molecular complexity index is 807. The maximum Gasteiger partial charge on any atom is 0.0393 e. The number of benzene rings is 2. The number of nitrogens with two attached hydrogens (primary N) is 1. The predicted octanol–water partition coefficient (Wildman–Crippen LogP) is 5.93. The van der Waals surface area contributed by atoms with Crippen molar-refractivity contribution in [3.63, 3.8) is 0 Å². The number of fused-ring (bicyclic) bond motifs is 1. The molecule has 0 unspecified atom stereocenters. The summed E-state index contributed by atoms with van der Waals surface area (Å²) in [5.74, 6) is 0.707. The third-order valence-corrected chi connectivity index (χ3v) is 5.79. The molecule has 2 aliphatic carbocycles. The first-order chi connectivity index (χ1) is 11.6. The lowest BCUT2D eigenvalue weighted by Gasteiger charge is -2.25. The maximum atomic E-state index is 6.42. The molecule has 1 heteroatoms. The van der Waals surface area contributed by atoms with Crippen molar-refractivity contribution in [1.82, 2.24) is 0 Å². The van der Waals surface area contributed by atoms with E-state index in [4.69, 9.17) is 5.73 Å². The van der Waals surface area contributed by atoms with E-state index in [2.05, 4.69) is 50.2 Å². The van der Waals surface area contributed by atoms with Gasteiger partial charge in [0.05, 0.1) is 0 Å². The fourth-order valence-electron chi connectivity index (χ4n) is 4.63. The smallest absolute Gasteiger partial charge is 0.0393 e. The fraction of sp³-hybridized carbons (Fsp3) is 0.391. The van der Waals surface area contributed by atoms with Crippen molar-refractivity contribution in [2.45, 2.75) is 52.4 Å². The summed E-state index contributed by atoms with van der Waals surface area (Å²) in [4.78, 5) is 0. The molecular formula is C23H27N. The van der Waals surface area contributed by atoms with Gasteiger partial charge in [-0.15, -0.1) is 0 Å². The van der Waals surface area contributed by atoms with Crippen LogP contribution in [0.2, 0.25) is 0 Å². The topological polar surface area (TPSA) is 26.0 Å². The van der Waals surface area contributed by atoms with E-state index in [9.17, 15) is 0 Å². The highest BCUT2D eigenvalue weighted by atomic mass is 14.6. The number of hydrogen-bond donors (Lipinski definition) is 1. The Morgan fingerprint density at radius 1 is 0.833 bits per heavy atom. The van der Waals surface area contributed by atoms with Crippen molar-refractivity contribution in [2.75, 3.05) is 5.73 Å². The highest BCUT2D eigenvalue weighted by molar-refractivity contribution is 6.00. The third-order valence-electron chi connectivity index (χ3n) is 5.79. The summed E-state index contributed by atoms with van der Waals surface area (Å²) in [6.45, 7) is 4.31. The zero-order chi connectivity index (χ0) is 16.7. The van der Waals surface area contributed by atoms with Gasteiger partial charge >= 0.3 is 0 Å². The molecule has 1 fully saturated rings. The van der Waals surface area contributed by atoms with Gasteiger partial charge in [0.15, 0.2) is 0 Å². The van der Waals surface area contributed by atoms with Crippen molar-refractivity contribution in [1.29, 1.82) is 0 Å². The first-order valence-electron chi connectivity index (χ1n) is 9.33. The molecule has 2 aromatic carbocycles. The number of anilines is 1. The zero-order valence-corrected chi connectivity index (χ0v) is 14.9. The summed E-state index contributed by atoms with van der Waals surface area (Å²) in [5.41, 5.74) is 17.3. The van der Waals surface area contributed by atoms with Crippen LogP contribution >= 0.6 is 0 Å². The molecule has 1 nitrogen and oxygen atoms in total. The Kier molecular flexibility index (Phi) is 3.96. The average molecular weight is 317 g/mol. The zero-order valence-electron chi connectivity index (χ0n) is 14.9. The maximum absolute atomic E-state index is 6.42. The van der Waals surface area contributed by atoms with Crippen LogP contribution in [0.1, 0.15) is 59.9 Å². The van der Waals surface area contributed by atoms with E-state index in [0.29, 0.717) is 5.92 Å². The standard InChI is InChI=1S/C23H27N/c1-15-8-10-19-18(12-15)14-21(20-11-9-16(2)13-22(20)24)23(19)17-6-4-3-5-7-17/h8-13,17H,3-7,14,24H2,1-2H3. The van der Waals surface area contributed by atoms with Gasteiger partial charge in [0.1, 0.15) is 0 Å². The summed E-state index contributed by atoms with van der Waals surface area (Å²) in [5, 5.41) is 0. The minimum Gasteiger partial charge on any atom is -0.398 e. The fourth-order valence-corrected chi connectivity index (χ4v) is 4.63. The lowest BCUT2D eigenvalue weighted by atomic mass is 9.79. The second kappa shape index (κ2) is 6.12. The van der Waals surface area contributed by atoms with Gasteiger partial charge in [0, 0.05) is 11.3 Å². The van der Waals surface area contributed by atoms with E-state index in [1.54, 1.807) is 5.57 Å². The summed E-state index contributed by atoms with van der Waals surface area (Å²) in [6.07, 6.45) is 7.83. The highest BCUT2D eigenvalue weighted by Crippen LogP contribution is 2.47. The molecule has 124 valence electrons. The molecule has 24 heavy (non-hydrogen) atoms. The minimum absolute atomic E-state index is 0.707. The lowest BCUT2D eigenvalue weighted by molar-refractivity contribution is 0.430. The molecule has 2 aromatic rings. The molecule has 0 aliphatic heterocycles. The van der Waals surface area contributed by atoms with Crippen molar-refractivity contribution in [3.8, 4) is 0 Å². The molecule has 0 amide bonds. The third kappa shape index (κ3) is 2.66. The number of hydrogen-bond acceptors (Lipinski definition) is 1. The van der Waals surface area contributed by atoms with Gasteiger partial charge in [-0.2, -0.15) is 0 Å². The Morgan fingerprint density at radius 2 is 1.50 bits per heavy atom. The van der Waals surface area contributed by atoms with E-state index >= 15 is 0 Å². The minimum atomic E-state index is 0.707.